The van der Waals surface area contributed by atoms with Crippen molar-refractivity contribution in [3.8, 4) is 0 Å². The zero-order valence-electron chi connectivity index (χ0n) is 13.5. The Hall–Kier alpha value is -1.51. The standard InChI is InChI=1S/C18H26N2O/c1-11-13(15(19)21)6-5-7-14(11)20-16-17(2,3)12-8-9-18(16,4)10-12/h5-7,12,16,20H,8-10H2,1-4H3,(H2,19,21)/t12-,16?,18+/m0/s1. The molecule has 3 rings (SSSR count). The van der Waals surface area contributed by atoms with E-state index >= 15 is 0 Å². The highest BCUT2D eigenvalue weighted by Gasteiger charge is 2.59. The molecule has 0 heterocycles. The van der Waals surface area contributed by atoms with Gasteiger partial charge in [0, 0.05) is 17.3 Å². The highest BCUT2D eigenvalue weighted by Crippen LogP contribution is 2.63. The third kappa shape index (κ3) is 2.05. The van der Waals surface area contributed by atoms with Crippen molar-refractivity contribution >= 4 is 11.6 Å². The van der Waals surface area contributed by atoms with Gasteiger partial charge in [-0.15, -0.1) is 0 Å². The van der Waals surface area contributed by atoms with Gasteiger partial charge in [-0.3, -0.25) is 4.79 Å². The molecule has 2 bridgehead atoms. The summed E-state index contributed by atoms with van der Waals surface area (Å²) in [5.41, 5.74) is 8.76. The first kappa shape index (κ1) is 14.4. The van der Waals surface area contributed by atoms with E-state index < -0.39 is 0 Å². The third-order valence-corrected chi connectivity index (χ3v) is 6.17. The summed E-state index contributed by atoms with van der Waals surface area (Å²) in [7, 11) is 0. The van der Waals surface area contributed by atoms with Crippen LogP contribution < -0.4 is 11.1 Å². The maximum atomic E-state index is 11.5. The van der Waals surface area contributed by atoms with E-state index in [0.717, 1.165) is 17.2 Å². The van der Waals surface area contributed by atoms with Gasteiger partial charge in [0.05, 0.1) is 0 Å². The van der Waals surface area contributed by atoms with Gasteiger partial charge in [-0.05, 0) is 60.6 Å². The van der Waals surface area contributed by atoms with E-state index in [0.29, 0.717) is 22.4 Å². The second-order valence-corrected chi connectivity index (χ2v) is 7.83. The molecule has 114 valence electrons. The van der Waals surface area contributed by atoms with Crippen molar-refractivity contribution in [2.45, 2.75) is 53.0 Å². The first-order valence-electron chi connectivity index (χ1n) is 7.92. The van der Waals surface area contributed by atoms with E-state index in [1.54, 1.807) is 6.07 Å². The SMILES string of the molecule is Cc1c(NC2C(C)(C)[C@H]3CC[C@]2(C)C3)cccc1C(N)=O. The summed E-state index contributed by atoms with van der Waals surface area (Å²) in [6.07, 6.45) is 3.96. The maximum Gasteiger partial charge on any atom is 0.249 e. The Morgan fingerprint density at radius 3 is 2.62 bits per heavy atom. The van der Waals surface area contributed by atoms with Gasteiger partial charge < -0.3 is 11.1 Å². The summed E-state index contributed by atoms with van der Waals surface area (Å²) in [6, 6.07) is 6.23. The van der Waals surface area contributed by atoms with Crippen LogP contribution in [0.3, 0.4) is 0 Å². The van der Waals surface area contributed by atoms with Crippen LogP contribution in [-0.2, 0) is 0 Å². The highest BCUT2D eigenvalue weighted by molar-refractivity contribution is 5.95. The number of carbonyl (C=O) groups is 1. The third-order valence-electron chi connectivity index (χ3n) is 6.17. The molecular weight excluding hydrogens is 260 g/mol. The van der Waals surface area contributed by atoms with Crippen molar-refractivity contribution in [1.29, 1.82) is 0 Å². The van der Waals surface area contributed by atoms with Crippen LogP contribution in [0.5, 0.6) is 0 Å². The monoisotopic (exact) mass is 286 g/mol. The van der Waals surface area contributed by atoms with Crippen LogP contribution in [0.15, 0.2) is 18.2 Å². The van der Waals surface area contributed by atoms with Gasteiger partial charge in [0.15, 0.2) is 0 Å². The van der Waals surface area contributed by atoms with Crippen molar-refractivity contribution < 1.29 is 4.79 Å². The number of fused-ring (bicyclic) bond motifs is 2. The molecule has 2 fully saturated rings. The second kappa shape index (κ2) is 4.49. The average Bonchev–Trinajstić information content (AvgIpc) is 2.87. The average molecular weight is 286 g/mol. The summed E-state index contributed by atoms with van der Waals surface area (Å²) in [5.74, 6) is 0.453. The number of nitrogens with one attached hydrogen (secondary N) is 1. The minimum Gasteiger partial charge on any atom is -0.381 e. The van der Waals surface area contributed by atoms with Gasteiger partial charge in [-0.2, -0.15) is 0 Å². The molecule has 3 heteroatoms. The molecule has 2 saturated carbocycles. The lowest BCUT2D eigenvalue weighted by atomic mass is 9.68. The Balaban J connectivity index is 1.94. The highest BCUT2D eigenvalue weighted by atomic mass is 16.1. The lowest BCUT2D eigenvalue weighted by molar-refractivity contribution is 0.1000. The Morgan fingerprint density at radius 2 is 2.05 bits per heavy atom. The molecule has 1 aromatic carbocycles. The molecule has 3 N–H and O–H groups in total. The predicted octanol–water partition coefficient (Wildman–Crippen LogP) is 3.72. The van der Waals surface area contributed by atoms with E-state index in [-0.39, 0.29) is 5.91 Å². The molecule has 3 atom stereocenters. The smallest absolute Gasteiger partial charge is 0.249 e. The maximum absolute atomic E-state index is 11.5. The zero-order chi connectivity index (χ0) is 15.4. The van der Waals surface area contributed by atoms with E-state index in [1.807, 2.05) is 13.0 Å². The number of primary amides is 1. The van der Waals surface area contributed by atoms with E-state index in [4.69, 9.17) is 5.73 Å². The largest absolute Gasteiger partial charge is 0.381 e. The van der Waals surface area contributed by atoms with Crippen LogP contribution >= 0.6 is 0 Å². The normalized spacial score (nSPS) is 33.1. The quantitative estimate of drug-likeness (QED) is 0.889. The zero-order valence-corrected chi connectivity index (χ0v) is 13.5. The number of carbonyl (C=O) groups excluding carboxylic acids is 1. The lowest BCUT2D eigenvalue weighted by Crippen LogP contribution is -2.46. The molecule has 0 aromatic heterocycles. The molecule has 1 unspecified atom stereocenters. The molecule has 3 nitrogen and oxygen atoms in total. The Labute approximate surface area is 127 Å². The first-order chi connectivity index (χ1) is 9.75. The molecule has 0 saturated heterocycles. The molecule has 1 amide bonds. The van der Waals surface area contributed by atoms with Gasteiger partial charge in [-0.1, -0.05) is 26.8 Å². The van der Waals surface area contributed by atoms with Crippen LogP contribution in [0.1, 0.15) is 56.0 Å². The number of amides is 1. The second-order valence-electron chi connectivity index (χ2n) is 7.83. The number of hydrogen-bond donors (Lipinski definition) is 2. The summed E-state index contributed by atoms with van der Waals surface area (Å²) in [4.78, 5) is 11.5. The molecule has 2 aliphatic carbocycles. The Morgan fingerprint density at radius 1 is 1.33 bits per heavy atom. The number of nitrogens with two attached hydrogens (primary N) is 1. The number of rotatable bonds is 3. The molecular formula is C18H26N2O. The van der Waals surface area contributed by atoms with Crippen LogP contribution in [-0.4, -0.2) is 11.9 Å². The van der Waals surface area contributed by atoms with Crippen LogP contribution in [0.25, 0.3) is 0 Å². The fourth-order valence-corrected chi connectivity index (χ4v) is 4.88. The molecule has 0 radical (unpaired) electrons. The van der Waals surface area contributed by atoms with Crippen molar-refractivity contribution in [3.63, 3.8) is 0 Å². The van der Waals surface area contributed by atoms with Crippen molar-refractivity contribution in [3.05, 3.63) is 29.3 Å². The molecule has 21 heavy (non-hydrogen) atoms. The summed E-state index contributed by atoms with van der Waals surface area (Å²) in [5, 5.41) is 3.76. The predicted molar refractivity (Wildman–Crippen MR) is 86.3 cm³/mol. The number of hydrogen-bond acceptors (Lipinski definition) is 2. The minimum absolute atomic E-state index is 0.294. The number of anilines is 1. The fraction of sp³-hybridized carbons (Fsp3) is 0.611. The van der Waals surface area contributed by atoms with Crippen molar-refractivity contribution in [1.82, 2.24) is 0 Å². The van der Waals surface area contributed by atoms with Crippen LogP contribution in [0.2, 0.25) is 0 Å². The fourth-order valence-electron chi connectivity index (χ4n) is 4.88. The Kier molecular flexibility index (Phi) is 3.09. The Bertz CT molecular complexity index is 588. The van der Waals surface area contributed by atoms with Crippen LogP contribution in [0.4, 0.5) is 5.69 Å². The van der Waals surface area contributed by atoms with E-state index in [2.05, 4.69) is 32.2 Å². The number of benzene rings is 1. The van der Waals surface area contributed by atoms with Crippen molar-refractivity contribution in [2.24, 2.45) is 22.5 Å². The van der Waals surface area contributed by atoms with Crippen molar-refractivity contribution in [2.75, 3.05) is 5.32 Å². The molecule has 0 aliphatic heterocycles. The molecule has 0 spiro atoms. The van der Waals surface area contributed by atoms with E-state index in [9.17, 15) is 4.79 Å². The summed E-state index contributed by atoms with van der Waals surface area (Å²) < 4.78 is 0. The summed E-state index contributed by atoms with van der Waals surface area (Å²) >= 11 is 0. The van der Waals surface area contributed by atoms with Gasteiger partial charge in [-0.25, -0.2) is 0 Å². The molecule has 1 aromatic rings. The lowest BCUT2D eigenvalue weighted by Gasteiger charge is -2.44. The van der Waals surface area contributed by atoms with E-state index in [1.165, 1.54) is 19.3 Å². The van der Waals surface area contributed by atoms with Crippen LogP contribution in [0, 0.1) is 23.7 Å². The minimum atomic E-state index is -0.352. The summed E-state index contributed by atoms with van der Waals surface area (Å²) in [6.45, 7) is 9.15. The topological polar surface area (TPSA) is 55.1 Å². The van der Waals surface area contributed by atoms with Gasteiger partial charge in [0.1, 0.15) is 0 Å². The van der Waals surface area contributed by atoms with Gasteiger partial charge >= 0.3 is 0 Å². The van der Waals surface area contributed by atoms with Gasteiger partial charge in [0.2, 0.25) is 5.91 Å². The molecule has 2 aliphatic rings. The first-order valence-corrected chi connectivity index (χ1v) is 7.92. The van der Waals surface area contributed by atoms with Gasteiger partial charge in [0.25, 0.3) is 0 Å².